The van der Waals surface area contributed by atoms with E-state index in [2.05, 4.69) is 48.5 Å². The van der Waals surface area contributed by atoms with Crippen molar-refractivity contribution in [2.45, 2.75) is 29.6 Å². The van der Waals surface area contributed by atoms with E-state index in [-0.39, 0.29) is 5.92 Å². The Balaban J connectivity index is 1.52. The summed E-state index contributed by atoms with van der Waals surface area (Å²) in [5, 5.41) is 1.00. The van der Waals surface area contributed by atoms with Crippen molar-refractivity contribution in [2.75, 3.05) is 0 Å². The second-order valence-electron chi connectivity index (χ2n) is 9.11. The summed E-state index contributed by atoms with van der Waals surface area (Å²) >= 11 is 0. The summed E-state index contributed by atoms with van der Waals surface area (Å²) in [4.78, 5) is 0.306. The van der Waals surface area contributed by atoms with Crippen LogP contribution in [0.3, 0.4) is 0 Å². The normalized spacial score (nSPS) is 19.9. The molecular weight excluding hydrogens is 438 g/mol. The molecule has 0 bridgehead atoms. The van der Waals surface area contributed by atoms with Gasteiger partial charge in [0, 0.05) is 17.5 Å². The molecule has 1 fully saturated rings. The predicted molar refractivity (Wildman–Crippen MR) is 137 cm³/mol. The van der Waals surface area contributed by atoms with Crippen LogP contribution in [-0.4, -0.2) is 12.4 Å². The molecule has 0 unspecified atom stereocenters. The van der Waals surface area contributed by atoms with Crippen molar-refractivity contribution in [3.05, 3.63) is 138 Å². The van der Waals surface area contributed by atoms with E-state index in [4.69, 9.17) is 0 Å². The Morgan fingerprint density at radius 3 is 1.74 bits per heavy atom. The van der Waals surface area contributed by atoms with Crippen molar-refractivity contribution < 1.29 is 8.42 Å². The monoisotopic (exact) mass is 463 g/mol. The molecule has 5 aromatic rings. The highest BCUT2D eigenvalue weighted by Gasteiger charge is 2.53. The van der Waals surface area contributed by atoms with Crippen molar-refractivity contribution in [3.8, 4) is 0 Å². The number of fused-ring (bicyclic) bond motifs is 1. The van der Waals surface area contributed by atoms with E-state index in [0.717, 1.165) is 22.0 Å². The van der Waals surface area contributed by atoms with E-state index in [9.17, 15) is 8.42 Å². The van der Waals surface area contributed by atoms with Gasteiger partial charge < -0.3 is 0 Å². The van der Waals surface area contributed by atoms with E-state index in [1.165, 1.54) is 15.1 Å². The fourth-order valence-corrected chi connectivity index (χ4v) is 6.72. The van der Waals surface area contributed by atoms with E-state index in [1.807, 2.05) is 61.7 Å². The average molecular weight is 464 g/mol. The van der Waals surface area contributed by atoms with Crippen LogP contribution in [0.1, 0.15) is 40.0 Å². The van der Waals surface area contributed by atoms with Crippen LogP contribution in [-0.2, 0) is 10.0 Å². The van der Waals surface area contributed by atoms with Gasteiger partial charge in [0.15, 0.2) is 0 Å². The lowest BCUT2D eigenvalue weighted by Gasteiger charge is -2.07. The molecule has 0 aliphatic heterocycles. The van der Waals surface area contributed by atoms with Gasteiger partial charge in [0.1, 0.15) is 0 Å². The Morgan fingerprint density at radius 1 is 0.618 bits per heavy atom. The Morgan fingerprint density at radius 2 is 1.15 bits per heavy atom. The average Bonchev–Trinajstić information content (AvgIpc) is 3.49. The molecular formula is C30H25NO2S. The Bertz CT molecular complexity index is 1520. The molecule has 6 rings (SSSR count). The Kier molecular flexibility index (Phi) is 4.93. The highest BCUT2D eigenvalue weighted by Crippen LogP contribution is 2.67. The minimum Gasteiger partial charge on any atom is -0.241 e. The zero-order chi connectivity index (χ0) is 23.3. The SMILES string of the molecule is Cc1ccc(S(=O)(=O)n2cc(C3[C@@H](c4ccccc4)[C@@H]3c3ccccc3)c3ccccc32)cc1. The third-order valence-corrected chi connectivity index (χ3v) is 8.72. The summed E-state index contributed by atoms with van der Waals surface area (Å²) in [6, 6.07) is 36.1. The zero-order valence-electron chi connectivity index (χ0n) is 18.9. The minimum absolute atomic E-state index is 0.212. The lowest BCUT2D eigenvalue weighted by atomic mass is 10.0. The molecule has 34 heavy (non-hydrogen) atoms. The third kappa shape index (κ3) is 3.37. The minimum atomic E-state index is -3.71. The molecule has 0 spiro atoms. The highest BCUT2D eigenvalue weighted by molar-refractivity contribution is 7.90. The first-order valence-corrected chi connectivity index (χ1v) is 13.0. The molecule has 0 saturated heterocycles. The van der Waals surface area contributed by atoms with Gasteiger partial charge in [-0.05, 0) is 53.6 Å². The maximum absolute atomic E-state index is 13.7. The van der Waals surface area contributed by atoms with Crippen LogP contribution in [0, 0.1) is 6.92 Å². The van der Waals surface area contributed by atoms with Gasteiger partial charge in [-0.25, -0.2) is 12.4 Å². The second kappa shape index (κ2) is 8.00. The molecule has 1 aromatic heterocycles. The van der Waals surface area contributed by atoms with Crippen LogP contribution in [0.5, 0.6) is 0 Å². The number of rotatable bonds is 5. The van der Waals surface area contributed by atoms with Crippen LogP contribution >= 0.6 is 0 Å². The smallest absolute Gasteiger partial charge is 0.241 e. The van der Waals surface area contributed by atoms with Gasteiger partial charge >= 0.3 is 0 Å². The van der Waals surface area contributed by atoms with Gasteiger partial charge in [-0.1, -0.05) is 96.6 Å². The molecule has 1 aliphatic rings. The molecule has 1 saturated carbocycles. The van der Waals surface area contributed by atoms with Gasteiger partial charge in [0.25, 0.3) is 10.0 Å². The van der Waals surface area contributed by atoms with Crippen molar-refractivity contribution in [2.24, 2.45) is 0 Å². The van der Waals surface area contributed by atoms with Crippen LogP contribution in [0.25, 0.3) is 10.9 Å². The maximum Gasteiger partial charge on any atom is 0.268 e. The van der Waals surface area contributed by atoms with E-state index < -0.39 is 10.0 Å². The molecule has 4 heteroatoms. The molecule has 1 heterocycles. The van der Waals surface area contributed by atoms with Gasteiger partial charge in [-0.3, -0.25) is 0 Å². The summed E-state index contributed by atoms with van der Waals surface area (Å²) in [6.45, 7) is 1.96. The van der Waals surface area contributed by atoms with Crippen molar-refractivity contribution in [3.63, 3.8) is 0 Å². The summed E-state index contributed by atoms with van der Waals surface area (Å²) in [5.74, 6) is 0.832. The van der Waals surface area contributed by atoms with Crippen LogP contribution in [0.15, 0.2) is 120 Å². The van der Waals surface area contributed by atoms with Gasteiger partial charge in [0.2, 0.25) is 0 Å². The van der Waals surface area contributed by atoms with Gasteiger partial charge in [0.05, 0.1) is 10.4 Å². The topological polar surface area (TPSA) is 39.1 Å². The first kappa shape index (κ1) is 20.9. The molecule has 1 aliphatic carbocycles. The van der Waals surface area contributed by atoms with E-state index >= 15 is 0 Å². The van der Waals surface area contributed by atoms with Crippen LogP contribution in [0.2, 0.25) is 0 Å². The number of aryl methyl sites for hydroxylation is 1. The van der Waals surface area contributed by atoms with Crippen molar-refractivity contribution in [1.29, 1.82) is 0 Å². The third-order valence-electron chi connectivity index (χ3n) is 7.03. The summed E-state index contributed by atoms with van der Waals surface area (Å²) in [5.41, 5.74) is 5.43. The molecule has 0 N–H and O–H groups in total. The standard InChI is InChI=1S/C30H25NO2S/c1-21-16-18-24(19-17-21)34(32,33)31-20-26(25-14-8-9-15-27(25)31)30-28(22-10-4-2-5-11-22)29(30)23-12-6-3-7-13-23/h2-20,28-30H,1H3/t28-,29-/m0/s1. The molecule has 168 valence electrons. The first-order valence-electron chi connectivity index (χ1n) is 11.6. The van der Waals surface area contributed by atoms with Gasteiger partial charge in [-0.2, -0.15) is 0 Å². The fourth-order valence-electron chi connectivity index (χ4n) is 5.34. The number of aromatic nitrogens is 1. The maximum atomic E-state index is 13.7. The number of hydrogen-bond donors (Lipinski definition) is 0. The largest absolute Gasteiger partial charge is 0.268 e. The van der Waals surface area contributed by atoms with E-state index in [0.29, 0.717) is 16.7 Å². The summed E-state index contributed by atoms with van der Waals surface area (Å²) in [6.07, 6.45) is 1.86. The predicted octanol–water partition coefficient (Wildman–Crippen LogP) is 6.85. The highest BCUT2D eigenvalue weighted by atomic mass is 32.2. The molecule has 2 atom stereocenters. The number of hydrogen-bond acceptors (Lipinski definition) is 2. The Labute approximate surface area is 200 Å². The fraction of sp³-hybridized carbons (Fsp3) is 0.133. The van der Waals surface area contributed by atoms with Crippen LogP contribution < -0.4 is 0 Å². The molecule has 0 amide bonds. The lowest BCUT2D eigenvalue weighted by Crippen LogP contribution is -2.11. The summed E-state index contributed by atoms with van der Waals surface area (Å²) < 4.78 is 28.8. The molecule has 0 radical (unpaired) electrons. The van der Waals surface area contributed by atoms with Crippen molar-refractivity contribution >= 4 is 20.9 Å². The van der Waals surface area contributed by atoms with Crippen molar-refractivity contribution in [1.82, 2.24) is 3.97 Å². The lowest BCUT2D eigenvalue weighted by molar-refractivity contribution is 0.589. The molecule has 3 nitrogen and oxygen atoms in total. The molecule has 4 aromatic carbocycles. The number of benzene rings is 4. The second-order valence-corrected chi connectivity index (χ2v) is 10.9. The van der Waals surface area contributed by atoms with Gasteiger partial charge in [-0.15, -0.1) is 0 Å². The van der Waals surface area contributed by atoms with E-state index in [1.54, 1.807) is 12.1 Å². The quantitative estimate of drug-likeness (QED) is 0.286. The number of para-hydroxylation sites is 1. The zero-order valence-corrected chi connectivity index (χ0v) is 19.7. The summed E-state index contributed by atoms with van der Waals surface area (Å²) in [7, 11) is -3.71. The number of nitrogens with zero attached hydrogens (tertiary/aromatic N) is 1. The van der Waals surface area contributed by atoms with Crippen LogP contribution in [0.4, 0.5) is 0 Å². The first-order chi connectivity index (χ1) is 16.6. The Hall–Kier alpha value is -3.63.